The van der Waals surface area contributed by atoms with Crippen molar-refractivity contribution in [3.8, 4) is 17.0 Å². The maximum absolute atomic E-state index is 14.7. The SMILES string of the molecule is CC1COc2c1cc(CCc1cc(F)c3nc(C4CC4)[nH]c3c1)nc2-c1ccc(F)cc1.NC=O.[K+].[NH2-]. The summed E-state index contributed by atoms with van der Waals surface area (Å²) in [5.41, 5.74) is 9.88. The van der Waals surface area contributed by atoms with Gasteiger partial charge in [0.2, 0.25) is 6.41 Å². The number of nitrogens with one attached hydrogen (secondary N) is 1. The first-order valence-corrected chi connectivity index (χ1v) is 11.7. The van der Waals surface area contributed by atoms with Gasteiger partial charge in [-0.05, 0) is 73.7 Å². The number of rotatable bonds is 5. The van der Waals surface area contributed by atoms with Crippen LogP contribution in [0.3, 0.4) is 0 Å². The van der Waals surface area contributed by atoms with Crippen LogP contribution in [-0.2, 0) is 17.6 Å². The average Bonchev–Trinajstić information content (AvgIpc) is 3.50. The van der Waals surface area contributed by atoms with Crippen molar-refractivity contribution in [2.75, 3.05) is 6.61 Å². The Morgan fingerprint density at radius 3 is 2.49 bits per heavy atom. The van der Waals surface area contributed by atoms with E-state index in [1.54, 1.807) is 18.2 Å². The fourth-order valence-electron chi connectivity index (χ4n) is 4.47. The Balaban J connectivity index is 0.000000727. The minimum Gasteiger partial charge on any atom is -0.693 e. The zero-order valence-corrected chi connectivity index (χ0v) is 24.1. The molecule has 1 aliphatic carbocycles. The number of benzene rings is 2. The van der Waals surface area contributed by atoms with E-state index in [2.05, 4.69) is 28.7 Å². The van der Waals surface area contributed by atoms with Crippen LogP contribution in [0.5, 0.6) is 5.75 Å². The fraction of sp³-hybridized carbons (Fsp3) is 0.296. The number of H-pyrrole nitrogens is 1. The van der Waals surface area contributed by atoms with E-state index < -0.39 is 0 Å². The van der Waals surface area contributed by atoms with E-state index in [4.69, 9.17) is 14.5 Å². The van der Waals surface area contributed by atoms with Gasteiger partial charge in [-0.15, -0.1) is 0 Å². The van der Waals surface area contributed by atoms with Gasteiger partial charge in [0.15, 0.2) is 5.82 Å². The van der Waals surface area contributed by atoms with Crippen molar-refractivity contribution < 1.29 is 69.7 Å². The van der Waals surface area contributed by atoms with E-state index in [9.17, 15) is 8.78 Å². The van der Waals surface area contributed by atoms with E-state index in [1.807, 2.05) is 6.07 Å². The molecule has 0 radical (unpaired) electrons. The number of halogens is 2. The van der Waals surface area contributed by atoms with Gasteiger partial charge in [-0.1, -0.05) is 6.92 Å². The molecule has 10 heteroatoms. The number of hydrogen-bond acceptors (Lipinski definition) is 4. The molecule has 6 rings (SSSR count). The third-order valence-electron chi connectivity index (χ3n) is 6.43. The number of imidazole rings is 1. The number of amides is 1. The minimum absolute atomic E-state index is 0. The number of nitrogens with zero attached hydrogens (tertiary/aromatic N) is 2. The molecule has 1 amide bonds. The predicted molar refractivity (Wildman–Crippen MR) is 135 cm³/mol. The van der Waals surface area contributed by atoms with E-state index in [-0.39, 0.29) is 81.5 Å². The third-order valence-corrected chi connectivity index (χ3v) is 6.43. The summed E-state index contributed by atoms with van der Waals surface area (Å²) < 4.78 is 34.0. The molecule has 2 aliphatic rings. The number of nitrogens with two attached hydrogens (primary N) is 2. The average molecular weight is 532 g/mol. The number of carbonyl (C=O) groups is 1. The number of ether oxygens (including phenoxy) is 1. The Labute approximate surface area is 256 Å². The maximum atomic E-state index is 14.7. The predicted octanol–water partition coefficient (Wildman–Crippen LogP) is 2.88. The molecule has 2 aromatic carbocycles. The van der Waals surface area contributed by atoms with Crippen molar-refractivity contribution >= 4 is 17.4 Å². The molecule has 188 valence electrons. The van der Waals surface area contributed by atoms with Gasteiger partial charge in [0.1, 0.15) is 28.6 Å². The first kappa shape index (κ1) is 29.3. The Hall–Kier alpha value is -2.21. The van der Waals surface area contributed by atoms with Gasteiger partial charge in [0, 0.05) is 28.7 Å². The minimum atomic E-state index is -0.281. The summed E-state index contributed by atoms with van der Waals surface area (Å²) in [5, 5.41) is 0. The molecule has 4 aromatic rings. The van der Waals surface area contributed by atoms with Crippen LogP contribution in [-0.4, -0.2) is 28.0 Å². The number of pyridine rings is 1. The molecule has 1 aliphatic heterocycles. The molecular weight excluding hydrogens is 503 g/mol. The number of aromatic amines is 1. The summed E-state index contributed by atoms with van der Waals surface area (Å²) >= 11 is 0. The van der Waals surface area contributed by atoms with Crippen LogP contribution in [0.4, 0.5) is 8.78 Å². The molecule has 1 unspecified atom stereocenters. The first-order valence-electron chi connectivity index (χ1n) is 11.7. The second kappa shape index (κ2) is 12.6. The Kier molecular flexibility index (Phi) is 9.96. The molecule has 0 saturated heterocycles. The smallest absolute Gasteiger partial charge is 0.693 e. The zero-order valence-electron chi connectivity index (χ0n) is 20.9. The monoisotopic (exact) mass is 531 g/mol. The normalized spacial score (nSPS) is 15.5. The van der Waals surface area contributed by atoms with Crippen molar-refractivity contribution in [1.82, 2.24) is 15.0 Å². The van der Waals surface area contributed by atoms with Crippen molar-refractivity contribution in [1.29, 1.82) is 0 Å². The van der Waals surface area contributed by atoms with Gasteiger partial charge in [0.25, 0.3) is 0 Å². The van der Waals surface area contributed by atoms with Crippen LogP contribution in [0.15, 0.2) is 42.5 Å². The van der Waals surface area contributed by atoms with Crippen LogP contribution in [0, 0.1) is 11.6 Å². The topological polar surface area (TPSA) is 127 Å². The number of carbonyl (C=O) groups excluding carboxylic acids is 1. The van der Waals surface area contributed by atoms with E-state index in [1.165, 1.54) is 12.1 Å². The zero-order chi connectivity index (χ0) is 24.5. The second-order valence-corrected chi connectivity index (χ2v) is 9.11. The number of primary amides is 1. The molecule has 7 nitrogen and oxygen atoms in total. The number of aromatic nitrogens is 3. The molecule has 1 saturated carbocycles. The van der Waals surface area contributed by atoms with Gasteiger partial charge in [-0.25, -0.2) is 18.7 Å². The Morgan fingerprint density at radius 2 is 1.81 bits per heavy atom. The largest absolute Gasteiger partial charge is 1.00 e. The number of hydrogen-bond donors (Lipinski definition) is 2. The first-order chi connectivity index (χ1) is 17.0. The van der Waals surface area contributed by atoms with Gasteiger partial charge in [-0.2, -0.15) is 0 Å². The molecule has 3 heterocycles. The summed E-state index contributed by atoms with van der Waals surface area (Å²) in [4.78, 5) is 21.2. The summed E-state index contributed by atoms with van der Waals surface area (Å²) in [6, 6.07) is 12.0. The molecular formula is C27H28F2KN5O2. The number of aryl methyl sites for hydroxylation is 2. The van der Waals surface area contributed by atoms with Crippen LogP contribution >= 0.6 is 0 Å². The van der Waals surface area contributed by atoms with Gasteiger partial charge in [-0.3, -0.25) is 4.79 Å². The summed E-state index contributed by atoms with van der Waals surface area (Å²) in [5.74, 6) is 1.84. The Morgan fingerprint density at radius 1 is 1.11 bits per heavy atom. The van der Waals surface area contributed by atoms with Crippen LogP contribution in [0.2, 0.25) is 0 Å². The number of fused-ring (bicyclic) bond motifs is 2. The molecule has 0 spiro atoms. The van der Waals surface area contributed by atoms with Crippen molar-refractivity contribution in [2.24, 2.45) is 5.73 Å². The van der Waals surface area contributed by atoms with Crippen molar-refractivity contribution in [3.05, 3.63) is 82.9 Å². The summed E-state index contributed by atoms with van der Waals surface area (Å²) in [6.45, 7) is 2.74. The van der Waals surface area contributed by atoms with Crippen LogP contribution in [0.1, 0.15) is 54.2 Å². The van der Waals surface area contributed by atoms with Crippen LogP contribution < -0.4 is 61.9 Å². The second-order valence-electron chi connectivity index (χ2n) is 9.11. The van der Waals surface area contributed by atoms with E-state index in [0.717, 1.165) is 58.0 Å². The fourth-order valence-corrected chi connectivity index (χ4v) is 4.47. The maximum Gasteiger partial charge on any atom is 1.00 e. The van der Waals surface area contributed by atoms with Gasteiger partial charge in [0.05, 0.1) is 12.1 Å². The molecule has 5 N–H and O–H groups in total. The summed E-state index contributed by atoms with van der Waals surface area (Å²) in [6.07, 6.45) is 3.82. The van der Waals surface area contributed by atoms with Crippen molar-refractivity contribution in [2.45, 2.75) is 44.4 Å². The quantitative estimate of drug-likeness (QED) is 0.303. The van der Waals surface area contributed by atoms with Gasteiger partial charge >= 0.3 is 51.4 Å². The molecule has 37 heavy (non-hydrogen) atoms. The van der Waals surface area contributed by atoms with Crippen LogP contribution in [0.25, 0.3) is 28.4 Å². The van der Waals surface area contributed by atoms with Crippen molar-refractivity contribution in [3.63, 3.8) is 0 Å². The summed E-state index contributed by atoms with van der Waals surface area (Å²) in [7, 11) is 0. The standard InChI is InChI=1S/C26H23F2N3O.CH3NO.K.H2N/c1-14-13-32-25-20(14)12-19(29-23(25)16-5-7-18(27)8-6-16)9-2-15-10-21(28)24-22(11-15)30-26(31-24)17-3-4-17;2-1-3;;/h5-8,10-12,14,17H,2-4,9,13H2,1H3,(H,30,31);1H,(H2,2,3);;1H2/q;;+1;-1. The Bertz CT molecular complexity index is 1390. The van der Waals surface area contributed by atoms with Gasteiger partial charge < -0.3 is 21.6 Å². The molecule has 1 fully saturated rings. The van der Waals surface area contributed by atoms with E-state index >= 15 is 0 Å². The molecule has 1 atom stereocenters. The molecule has 2 aromatic heterocycles. The third kappa shape index (κ3) is 6.44. The van der Waals surface area contributed by atoms with E-state index in [0.29, 0.717) is 30.9 Å². The molecule has 0 bridgehead atoms.